The zero-order valence-corrected chi connectivity index (χ0v) is 10.8. The van der Waals surface area contributed by atoms with Gasteiger partial charge in [0.2, 0.25) is 0 Å². The number of nitro groups is 1. The van der Waals surface area contributed by atoms with Gasteiger partial charge in [0, 0.05) is 12.1 Å². The van der Waals surface area contributed by atoms with E-state index in [2.05, 4.69) is 17.8 Å². The van der Waals surface area contributed by atoms with Crippen molar-refractivity contribution in [2.24, 2.45) is 0 Å². The number of nitro benzene ring substituents is 1. The van der Waals surface area contributed by atoms with Crippen molar-refractivity contribution >= 4 is 17.1 Å². The van der Waals surface area contributed by atoms with Gasteiger partial charge in [-0.25, -0.2) is 0 Å². The van der Waals surface area contributed by atoms with Gasteiger partial charge in [-0.1, -0.05) is 6.07 Å². The molecule has 0 spiro atoms. The molecule has 0 aliphatic carbocycles. The Kier molecular flexibility index (Phi) is 3.66. The summed E-state index contributed by atoms with van der Waals surface area (Å²) in [6.45, 7) is 4.11. The second kappa shape index (κ2) is 5.39. The summed E-state index contributed by atoms with van der Waals surface area (Å²) in [5.41, 5.74) is 10.3. The standard InChI is InChI=1S/C14H15N3O2/c1-10-3-4-13(9-11(10)2)16-15-12-5-7-14(8-6-12)17(18)19/h3-9,15-16H,1-2H3. The minimum atomic E-state index is -0.416. The fourth-order valence-corrected chi connectivity index (χ4v) is 1.63. The Morgan fingerprint density at radius 2 is 1.47 bits per heavy atom. The van der Waals surface area contributed by atoms with Gasteiger partial charge in [0.25, 0.3) is 5.69 Å². The molecule has 0 saturated carbocycles. The lowest BCUT2D eigenvalue weighted by Crippen LogP contribution is -2.08. The Morgan fingerprint density at radius 3 is 2.05 bits per heavy atom. The number of hydrazine groups is 1. The summed E-state index contributed by atoms with van der Waals surface area (Å²) >= 11 is 0. The summed E-state index contributed by atoms with van der Waals surface area (Å²) in [4.78, 5) is 10.1. The Hall–Kier alpha value is -2.56. The molecule has 19 heavy (non-hydrogen) atoms. The van der Waals surface area contributed by atoms with E-state index >= 15 is 0 Å². The minimum absolute atomic E-state index is 0.0803. The van der Waals surface area contributed by atoms with Crippen molar-refractivity contribution in [3.8, 4) is 0 Å². The third kappa shape index (κ3) is 3.22. The van der Waals surface area contributed by atoms with Crippen LogP contribution in [0.2, 0.25) is 0 Å². The highest BCUT2D eigenvalue weighted by atomic mass is 16.6. The van der Waals surface area contributed by atoms with Gasteiger partial charge in [0.15, 0.2) is 0 Å². The molecule has 0 amide bonds. The molecule has 0 aromatic heterocycles. The van der Waals surface area contributed by atoms with E-state index in [1.807, 2.05) is 25.1 Å². The number of non-ortho nitro benzene ring substituents is 1. The van der Waals surface area contributed by atoms with Crippen LogP contribution in [0.5, 0.6) is 0 Å². The number of hydrogen-bond acceptors (Lipinski definition) is 4. The molecule has 2 aromatic rings. The first-order valence-corrected chi connectivity index (χ1v) is 5.90. The van der Waals surface area contributed by atoms with Crippen molar-refractivity contribution in [1.82, 2.24) is 0 Å². The molecule has 0 unspecified atom stereocenters. The van der Waals surface area contributed by atoms with Gasteiger partial charge in [-0.05, 0) is 49.2 Å². The number of benzene rings is 2. The van der Waals surface area contributed by atoms with Crippen molar-refractivity contribution < 1.29 is 4.92 Å². The lowest BCUT2D eigenvalue weighted by molar-refractivity contribution is -0.384. The highest BCUT2D eigenvalue weighted by Gasteiger charge is 2.03. The summed E-state index contributed by atoms with van der Waals surface area (Å²) in [5.74, 6) is 0. The maximum Gasteiger partial charge on any atom is 0.269 e. The van der Waals surface area contributed by atoms with E-state index in [1.165, 1.54) is 23.3 Å². The molecule has 0 aliphatic rings. The SMILES string of the molecule is Cc1ccc(NNc2ccc([N+](=O)[O-])cc2)cc1C. The Bertz CT molecular complexity index is 594. The zero-order chi connectivity index (χ0) is 13.8. The molecule has 0 saturated heterocycles. The van der Waals surface area contributed by atoms with E-state index in [4.69, 9.17) is 0 Å². The van der Waals surface area contributed by atoms with Crippen LogP contribution in [0.25, 0.3) is 0 Å². The Morgan fingerprint density at radius 1 is 0.895 bits per heavy atom. The first kappa shape index (κ1) is 12.9. The average molecular weight is 257 g/mol. The highest BCUT2D eigenvalue weighted by Crippen LogP contribution is 2.17. The van der Waals surface area contributed by atoms with Crippen LogP contribution in [0, 0.1) is 24.0 Å². The summed E-state index contributed by atoms with van der Waals surface area (Å²) in [6, 6.07) is 12.3. The predicted molar refractivity (Wildman–Crippen MR) is 76.3 cm³/mol. The molecule has 5 heteroatoms. The third-order valence-corrected chi connectivity index (χ3v) is 2.94. The van der Waals surface area contributed by atoms with Crippen LogP contribution in [0.15, 0.2) is 42.5 Å². The van der Waals surface area contributed by atoms with Gasteiger partial charge in [-0.3, -0.25) is 10.1 Å². The largest absolute Gasteiger partial charge is 0.301 e. The maximum absolute atomic E-state index is 10.5. The number of anilines is 2. The van der Waals surface area contributed by atoms with Gasteiger partial charge in [0.1, 0.15) is 0 Å². The number of aryl methyl sites for hydroxylation is 2. The van der Waals surface area contributed by atoms with Gasteiger partial charge in [0.05, 0.1) is 16.3 Å². The van der Waals surface area contributed by atoms with Crippen molar-refractivity contribution in [2.75, 3.05) is 10.9 Å². The second-order valence-electron chi connectivity index (χ2n) is 4.35. The molecular formula is C14H15N3O2. The van der Waals surface area contributed by atoms with Gasteiger partial charge in [-0.2, -0.15) is 0 Å². The topological polar surface area (TPSA) is 67.2 Å². The minimum Gasteiger partial charge on any atom is -0.301 e. The third-order valence-electron chi connectivity index (χ3n) is 2.94. The van der Waals surface area contributed by atoms with E-state index in [-0.39, 0.29) is 5.69 Å². The normalized spacial score (nSPS) is 10.0. The summed E-state index contributed by atoms with van der Waals surface area (Å²) in [6.07, 6.45) is 0. The Labute approximate surface area is 111 Å². The molecule has 98 valence electrons. The van der Waals surface area contributed by atoms with E-state index in [0.717, 1.165) is 11.4 Å². The van der Waals surface area contributed by atoms with Crippen LogP contribution in [-0.4, -0.2) is 4.92 Å². The van der Waals surface area contributed by atoms with Crippen LogP contribution in [-0.2, 0) is 0 Å². The predicted octanol–water partition coefficient (Wildman–Crippen LogP) is 3.65. The molecule has 0 bridgehead atoms. The van der Waals surface area contributed by atoms with Gasteiger partial charge < -0.3 is 10.9 Å². The molecule has 0 aliphatic heterocycles. The molecule has 0 radical (unpaired) electrons. The first-order valence-electron chi connectivity index (χ1n) is 5.90. The van der Waals surface area contributed by atoms with Gasteiger partial charge >= 0.3 is 0 Å². The average Bonchev–Trinajstić information content (AvgIpc) is 2.40. The van der Waals surface area contributed by atoms with E-state index in [9.17, 15) is 10.1 Å². The maximum atomic E-state index is 10.5. The lowest BCUT2D eigenvalue weighted by Gasteiger charge is -2.11. The number of nitrogens with zero attached hydrogens (tertiary/aromatic N) is 1. The molecule has 5 nitrogen and oxygen atoms in total. The molecular weight excluding hydrogens is 242 g/mol. The number of hydrogen-bond donors (Lipinski definition) is 2. The van der Waals surface area contributed by atoms with Crippen LogP contribution < -0.4 is 10.9 Å². The molecule has 2 rings (SSSR count). The van der Waals surface area contributed by atoms with Crippen LogP contribution in [0.1, 0.15) is 11.1 Å². The molecule has 2 N–H and O–H groups in total. The van der Waals surface area contributed by atoms with Crippen molar-refractivity contribution in [3.63, 3.8) is 0 Å². The summed E-state index contributed by atoms with van der Waals surface area (Å²) in [5, 5.41) is 10.5. The summed E-state index contributed by atoms with van der Waals surface area (Å²) < 4.78 is 0. The lowest BCUT2D eigenvalue weighted by atomic mass is 10.1. The fourth-order valence-electron chi connectivity index (χ4n) is 1.63. The molecule has 0 atom stereocenters. The van der Waals surface area contributed by atoms with Crippen molar-refractivity contribution in [2.45, 2.75) is 13.8 Å². The molecule has 2 aromatic carbocycles. The summed E-state index contributed by atoms with van der Waals surface area (Å²) in [7, 11) is 0. The second-order valence-corrected chi connectivity index (χ2v) is 4.35. The van der Waals surface area contributed by atoms with E-state index in [0.29, 0.717) is 0 Å². The Balaban J connectivity index is 2.01. The number of rotatable bonds is 4. The molecule has 0 fully saturated rings. The quantitative estimate of drug-likeness (QED) is 0.648. The highest BCUT2D eigenvalue weighted by molar-refractivity contribution is 5.55. The zero-order valence-electron chi connectivity index (χ0n) is 10.8. The number of nitrogens with one attached hydrogen (secondary N) is 2. The van der Waals surface area contributed by atoms with E-state index < -0.39 is 4.92 Å². The van der Waals surface area contributed by atoms with Crippen LogP contribution in [0.4, 0.5) is 17.1 Å². The van der Waals surface area contributed by atoms with Crippen LogP contribution >= 0.6 is 0 Å². The van der Waals surface area contributed by atoms with Gasteiger partial charge in [-0.15, -0.1) is 0 Å². The van der Waals surface area contributed by atoms with E-state index in [1.54, 1.807) is 12.1 Å². The van der Waals surface area contributed by atoms with Crippen molar-refractivity contribution in [1.29, 1.82) is 0 Å². The smallest absolute Gasteiger partial charge is 0.269 e. The first-order chi connectivity index (χ1) is 9.06. The van der Waals surface area contributed by atoms with Crippen LogP contribution in [0.3, 0.4) is 0 Å². The monoisotopic (exact) mass is 257 g/mol. The fraction of sp³-hybridized carbons (Fsp3) is 0.143. The molecule has 0 heterocycles. The van der Waals surface area contributed by atoms with Crippen molar-refractivity contribution in [3.05, 3.63) is 63.7 Å².